The fraction of sp³-hybridized carbons (Fsp3) is 0.227. The molecule has 1 saturated heterocycles. The van der Waals surface area contributed by atoms with Crippen LogP contribution in [0.3, 0.4) is 0 Å². The molecular weight excluding hydrogens is 439 g/mol. The number of sulfonamides is 1. The quantitative estimate of drug-likeness (QED) is 0.564. The number of amides is 1. The van der Waals surface area contributed by atoms with E-state index >= 15 is 0 Å². The zero-order valence-corrected chi connectivity index (χ0v) is 18.2. The first kappa shape index (κ1) is 21.5. The molecular formula is C22H21FN2O4S2. The highest BCUT2D eigenvalue weighted by Crippen LogP contribution is 2.25. The Hall–Kier alpha value is -2.75. The molecule has 9 heteroatoms. The number of hydrogen-bond acceptors (Lipinski definition) is 5. The zero-order valence-electron chi connectivity index (χ0n) is 16.6. The monoisotopic (exact) mass is 460 g/mol. The second-order valence-corrected chi connectivity index (χ2v) is 10.2. The molecule has 0 radical (unpaired) electrons. The lowest BCUT2D eigenvalue weighted by molar-refractivity contribution is 0.0693. The molecule has 0 unspecified atom stereocenters. The molecule has 0 atom stereocenters. The normalized spacial score (nSPS) is 15.1. The fourth-order valence-electron chi connectivity index (χ4n) is 3.35. The molecule has 0 spiro atoms. The lowest BCUT2D eigenvalue weighted by Crippen LogP contribution is -2.50. The second kappa shape index (κ2) is 9.17. The smallest absolute Gasteiger partial charge is 0.257 e. The van der Waals surface area contributed by atoms with Gasteiger partial charge >= 0.3 is 0 Å². The number of carbonyl (C=O) groups is 1. The van der Waals surface area contributed by atoms with E-state index in [0.717, 1.165) is 5.56 Å². The number of nitrogens with zero attached hydrogens (tertiary/aromatic N) is 2. The van der Waals surface area contributed by atoms with E-state index in [0.29, 0.717) is 28.6 Å². The molecule has 0 bridgehead atoms. The topological polar surface area (TPSA) is 66.9 Å². The Morgan fingerprint density at radius 2 is 1.68 bits per heavy atom. The summed E-state index contributed by atoms with van der Waals surface area (Å²) in [6.45, 7) is 1.29. The van der Waals surface area contributed by atoms with Gasteiger partial charge in [-0.15, -0.1) is 11.3 Å². The van der Waals surface area contributed by atoms with E-state index in [2.05, 4.69) is 0 Å². The first-order valence-electron chi connectivity index (χ1n) is 9.74. The highest BCUT2D eigenvalue weighted by molar-refractivity contribution is 7.91. The number of para-hydroxylation sites is 1. The molecule has 1 fully saturated rings. The Bertz CT molecular complexity index is 1140. The molecule has 162 valence electrons. The maximum atomic E-state index is 13.1. The van der Waals surface area contributed by atoms with E-state index in [1.54, 1.807) is 58.8 Å². The van der Waals surface area contributed by atoms with Gasteiger partial charge in [-0.3, -0.25) is 4.79 Å². The number of carbonyl (C=O) groups excluding carboxylic acids is 1. The number of hydrogen-bond donors (Lipinski definition) is 0. The molecule has 0 N–H and O–H groups in total. The fourth-order valence-corrected chi connectivity index (χ4v) is 5.92. The van der Waals surface area contributed by atoms with Gasteiger partial charge in [0.25, 0.3) is 15.9 Å². The Balaban J connectivity index is 1.42. The van der Waals surface area contributed by atoms with Crippen LogP contribution in [0.25, 0.3) is 0 Å². The van der Waals surface area contributed by atoms with Crippen molar-refractivity contribution < 1.29 is 22.3 Å². The molecule has 0 saturated carbocycles. The van der Waals surface area contributed by atoms with E-state index in [1.165, 1.54) is 27.8 Å². The molecule has 1 aromatic heterocycles. The Kier molecular flexibility index (Phi) is 6.35. The molecule has 2 aromatic carbocycles. The lowest BCUT2D eigenvalue weighted by atomic mass is 10.1. The molecule has 0 aliphatic carbocycles. The van der Waals surface area contributed by atoms with Crippen LogP contribution in [0.1, 0.15) is 15.9 Å². The number of piperazine rings is 1. The van der Waals surface area contributed by atoms with E-state index < -0.39 is 10.0 Å². The van der Waals surface area contributed by atoms with Gasteiger partial charge in [0.1, 0.15) is 22.4 Å². The maximum Gasteiger partial charge on any atom is 0.257 e. The van der Waals surface area contributed by atoms with Gasteiger partial charge in [0.15, 0.2) is 0 Å². The number of rotatable bonds is 6. The van der Waals surface area contributed by atoms with Gasteiger partial charge in [-0.05, 0) is 41.3 Å². The number of thiophene rings is 1. The van der Waals surface area contributed by atoms with Gasteiger partial charge in [0.05, 0.1) is 5.56 Å². The third-order valence-electron chi connectivity index (χ3n) is 5.04. The van der Waals surface area contributed by atoms with Gasteiger partial charge in [-0.2, -0.15) is 4.31 Å². The van der Waals surface area contributed by atoms with Crippen molar-refractivity contribution >= 4 is 27.3 Å². The van der Waals surface area contributed by atoms with Crippen LogP contribution in [0.2, 0.25) is 0 Å². The zero-order chi connectivity index (χ0) is 21.8. The van der Waals surface area contributed by atoms with Crippen LogP contribution < -0.4 is 4.74 Å². The van der Waals surface area contributed by atoms with Crippen LogP contribution in [0, 0.1) is 5.82 Å². The Morgan fingerprint density at radius 3 is 2.35 bits per heavy atom. The number of ether oxygens (including phenoxy) is 1. The minimum Gasteiger partial charge on any atom is -0.488 e. The Labute approximate surface area is 184 Å². The van der Waals surface area contributed by atoms with Crippen LogP contribution in [0.5, 0.6) is 5.75 Å². The van der Waals surface area contributed by atoms with E-state index in [9.17, 15) is 17.6 Å². The van der Waals surface area contributed by atoms with Crippen molar-refractivity contribution in [1.82, 2.24) is 9.21 Å². The van der Waals surface area contributed by atoms with Crippen molar-refractivity contribution in [1.29, 1.82) is 0 Å². The van der Waals surface area contributed by atoms with Crippen LogP contribution in [-0.2, 0) is 16.6 Å². The minimum absolute atomic E-state index is 0.206. The van der Waals surface area contributed by atoms with Gasteiger partial charge in [-0.1, -0.05) is 30.3 Å². The Morgan fingerprint density at radius 1 is 0.968 bits per heavy atom. The third kappa shape index (κ3) is 4.79. The van der Waals surface area contributed by atoms with Gasteiger partial charge in [0, 0.05) is 26.2 Å². The first-order chi connectivity index (χ1) is 14.9. The van der Waals surface area contributed by atoms with E-state index in [4.69, 9.17) is 4.74 Å². The van der Waals surface area contributed by atoms with Crippen molar-refractivity contribution in [3.05, 3.63) is 83.0 Å². The standard InChI is InChI=1S/C22H21FN2O4S2/c23-18-9-7-17(8-10-18)16-29-20-5-2-1-4-19(20)22(26)24-11-13-25(14-12-24)31(27,28)21-6-3-15-30-21/h1-10,15H,11-14,16H2. The van der Waals surface area contributed by atoms with Crippen molar-refractivity contribution in [3.63, 3.8) is 0 Å². The van der Waals surface area contributed by atoms with E-state index in [-0.39, 0.29) is 31.4 Å². The third-order valence-corrected chi connectivity index (χ3v) is 8.31. The molecule has 1 aliphatic rings. The summed E-state index contributed by atoms with van der Waals surface area (Å²) in [4.78, 5) is 14.7. The molecule has 31 heavy (non-hydrogen) atoms. The van der Waals surface area contributed by atoms with Crippen LogP contribution in [-0.4, -0.2) is 49.7 Å². The molecule has 4 rings (SSSR count). The predicted octanol–water partition coefficient (Wildman–Crippen LogP) is 3.61. The predicted molar refractivity (Wildman–Crippen MR) is 116 cm³/mol. The second-order valence-electron chi connectivity index (χ2n) is 7.04. The highest BCUT2D eigenvalue weighted by Gasteiger charge is 2.31. The molecule has 1 aliphatic heterocycles. The van der Waals surface area contributed by atoms with Crippen LogP contribution >= 0.6 is 11.3 Å². The largest absolute Gasteiger partial charge is 0.488 e. The average Bonchev–Trinajstić information content (AvgIpc) is 3.35. The summed E-state index contributed by atoms with van der Waals surface area (Å²) in [5.74, 6) is -0.0899. The van der Waals surface area contributed by atoms with E-state index in [1.807, 2.05) is 0 Å². The molecule has 1 amide bonds. The van der Waals surface area contributed by atoms with Gasteiger partial charge < -0.3 is 9.64 Å². The summed E-state index contributed by atoms with van der Waals surface area (Å²) < 4.78 is 46.0. The number of halogens is 1. The van der Waals surface area contributed by atoms with Crippen molar-refractivity contribution in [2.45, 2.75) is 10.8 Å². The van der Waals surface area contributed by atoms with Crippen molar-refractivity contribution in [2.75, 3.05) is 26.2 Å². The SMILES string of the molecule is O=C(c1ccccc1OCc1ccc(F)cc1)N1CCN(S(=O)(=O)c2cccs2)CC1. The first-order valence-corrected chi connectivity index (χ1v) is 12.1. The maximum absolute atomic E-state index is 13.1. The highest BCUT2D eigenvalue weighted by atomic mass is 32.2. The summed E-state index contributed by atoms with van der Waals surface area (Å²) >= 11 is 1.19. The van der Waals surface area contributed by atoms with Gasteiger partial charge in [0.2, 0.25) is 0 Å². The summed E-state index contributed by atoms with van der Waals surface area (Å²) in [7, 11) is -3.52. The van der Waals surface area contributed by atoms with Crippen LogP contribution in [0.15, 0.2) is 70.3 Å². The molecule has 6 nitrogen and oxygen atoms in total. The summed E-state index contributed by atoms with van der Waals surface area (Å²) in [5.41, 5.74) is 1.20. The van der Waals surface area contributed by atoms with Crippen LogP contribution in [0.4, 0.5) is 4.39 Å². The summed E-state index contributed by atoms with van der Waals surface area (Å²) in [5, 5.41) is 1.73. The minimum atomic E-state index is -3.52. The van der Waals surface area contributed by atoms with Crippen molar-refractivity contribution in [2.24, 2.45) is 0 Å². The number of benzene rings is 2. The lowest BCUT2D eigenvalue weighted by Gasteiger charge is -2.34. The summed E-state index contributed by atoms with van der Waals surface area (Å²) in [6, 6.07) is 16.2. The molecule has 3 aromatic rings. The average molecular weight is 461 g/mol. The molecule has 2 heterocycles. The van der Waals surface area contributed by atoms with Crippen molar-refractivity contribution in [3.8, 4) is 5.75 Å². The summed E-state index contributed by atoms with van der Waals surface area (Å²) in [6.07, 6.45) is 0. The van der Waals surface area contributed by atoms with Gasteiger partial charge in [-0.25, -0.2) is 12.8 Å².